The van der Waals surface area contributed by atoms with Gasteiger partial charge in [-0.25, -0.2) is 9.78 Å². The first kappa shape index (κ1) is 16.3. The minimum Gasteiger partial charge on any atom is -0.444 e. The molecule has 1 aromatic heterocycles. The van der Waals surface area contributed by atoms with Gasteiger partial charge in [-0.05, 0) is 39.2 Å². The lowest BCUT2D eigenvalue weighted by molar-refractivity contribution is -0.115. The normalized spacial score (nSPS) is 10.8. The van der Waals surface area contributed by atoms with Crippen molar-refractivity contribution in [3.05, 3.63) is 18.3 Å². The molecule has 0 aromatic carbocycles. The Hall–Kier alpha value is -1.76. The maximum absolute atomic E-state index is 11.6. The molecule has 7 heteroatoms. The van der Waals surface area contributed by atoms with Gasteiger partial charge in [-0.1, -0.05) is 0 Å². The van der Waals surface area contributed by atoms with E-state index in [9.17, 15) is 9.59 Å². The maximum Gasteiger partial charge on any atom is 0.408 e. The first-order valence-electron chi connectivity index (χ1n) is 6.07. The van der Waals surface area contributed by atoms with E-state index in [1.807, 2.05) is 12.3 Å². The van der Waals surface area contributed by atoms with Crippen LogP contribution < -0.4 is 10.6 Å². The molecule has 0 saturated carbocycles. The zero-order valence-electron chi connectivity index (χ0n) is 12.0. The Kier molecular flexibility index (Phi) is 5.82. The van der Waals surface area contributed by atoms with Crippen LogP contribution in [0.15, 0.2) is 23.4 Å². The van der Waals surface area contributed by atoms with Crippen molar-refractivity contribution in [2.45, 2.75) is 31.4 Å². The number of nitrogens with zero attached hydrogens (tertiary/aromatic N) is 1. The molecule has 1 rings (SSSR count). The van der Waals surface area contributed by atoms with Crippen molar-refractivity contribution < 1.29 is 14.3 Å². The minimum absolute atomic E-state index is 0.154. The summed E-state index contributed by atoms with van der Waals surface area (Å²) in [6.45, 7) is 5.11. The van der Waals surface area contributed by atoms with E-state index in [4.69, 9.17) is 4.74 Å². The van der Waals surface area contributed by atoms with E-state index in [-0.39, 0.29) is 12.5 Å². The van der Waals surface area contributed by atoms with Crippen molar-refractivity contribution in [1.29, 1.82) is 0 Å². The fourth-order valence-electron chi connectivity index (χ4n) is 1.25. The number of amides is 2. The molecule has 0 radical (unpaired) electrons. The monoisotopic (exact) mass is 297 g/mol. The molecule has 0 atom stereocenters. The molecule has 20 heavy (non-hydrogen) atoms. The fraction of sp³-hybridized carbons (Fsp3) is 0.462. The molecule has 2 N–H and O–H groups in total. The Morgan fingerprint density at radius 3 is 2.55 bits per heavy atom. The number of rotatable bonds is 4. The second kappa shape index (κ2) is 7.14. The van der Waals surface area contributed by atoms with Gasteiger partial charge >= 0.3 is 6.09 Å². The van der Waals surface area contributed by atoms with Crippen LogP contribution in [0.1, 0.15) is 20.8 Å². The van der Waals surface area contributed by atoms with Crippen LogP contribution in [0, 0.1) is 0 Å². The van der Waals surface area contributed by atoms with E-state index in [1.165, 1.54) is 11.8 Å². The van der Waals surface area contributed by atoms with Gasteiger partial charge in [0.25, 0.3) is 0 Å². The lowest BCUT2D eigenvalue weighted by atomic mass is 10.2. The number of ether oxygens (including phenoxy) is 1. The number of pyridine rings is 1. The van der Waals surface area contributed by atoms with Gasteiger partial charge in [-0.2, -0.15) is 0 Å². The Morgan fingerprint density at radius 1 is 1.35 bits per heavy atom. The van der Waals surface area contributed by atoms with Gasteiger partial charge in [-0.15, -0.1) is 11.8 Å². The molecular weight excluding hydrogens is 278 g/mol. The van der Waals surface area contributed by atoms with Crippen LogP contribution in [-0.4, -0.2) is 35.4 Å². The molecule has 110 valence electrons. The third kappa shape index (κ3) is 6.42. The summed E-state index contributed by atoms with van der Waals surface area (Å²) in [6, 6.07) is 3.56. The summed E-state index contributed by atoms with van der Waals surface area (Å²) in [5.41, 5.74) is -0.00298. The highest BCUT2D eigenvalue weighted by Gasteiger charge is 2.16. The van der Waals surface area contributed by atoms with E-state index in [0.717, 1.165) is 5.03 Å². The maximum atomic E-state index is 11.6. The molecule has 0 spiro atoms. The number of nitrogens with one attached hydrogen (secondary N) is 2. The van der Waals surface area contributed by atoms with Crippen molar-refractivity contribution in [2.75, 3.05) is 18.1 Å². The average molecular weight is 297 g/mol. The second-order valence-corrected chi connectivity index (χ2v) is 5.82. The number of hydrogen-bond donors (Lipinski definition) is 2. The molecule has 0 saturated heterocycles. The lowest BCUT2D eigenvalue weighted by Gasteiger charge is -2.19. The predicted octanol–water partition coefficient (Wildman–Crippen LogP) is 2.27. The Morgan fingerprint density at radius 2 is 2.05 bits per heavy atom. The molecule has 1 aromatic rings. The minimum atomic E-state index is -0.622. The van der Waals surface area contributed by atoms with Gasteiger partial charge in [0, 0.05) is 0 Å². The average Bonchev–Trinajstić information content (AvgIpc) is 2.35. The number of carbonyl (C=O) groups excluding carboxylic acids is 2. The highest BCUT2D eigenvalue weighted by atomic mass is 32.2. The molecule has 0 aliphatic carbocycles. The lowest BCUT2D eigenvalue weighted by Crippen LogP contribution is -2.37. The summed E-state index contributed by atoms with van der Waals surface area (Å²) in [5, 5.41) is 5.88. The summed E-state index contributed by atoms with van der Waals surface area (Å²) in [6.07, 6.45) is 2.87. The smallest absolute Gasteiger partial charge is 0.408 e. The van der Waals surface area contributed by atoms with Gasteiger partial charge < -0.3 is 15.4 Å². The summed E-state index contributed by atoms with van der Waals surface area (Å²) >= 11 is 1.52. The van der Waals surface area contributed by atoms with Crippen LogP contribution in [0.2, 0.25) is 0 Å². The van der Waals surface area contributed by atoms with Gasteiger partial charge in [-0.3, -0.25) is 4.79 Å². The van der Waals surface area contributed by atoms with Crippen molar-refractivity contribution in [3.8, 4) is 0 Å². The van der Waals surface area contributed by atoms with E-state index in [2.05, 4.69) is 15.6 Å². The topological polar surface area (TPSA) is 80.3 Å². The second-order valence-electron chi connectivity index (χ2n) is 4.99. The summed E-state index contributed by atoms with van der Waals surface area (Å²) in [5.74, 6) is -0.338. The molecule has 0 bridgehead atoms. The van der Waals surface area contributed by atoms with Crippen molar-refractivity contribution >= 4 is 29.4 Å². The first-order chi connectivity index (χ1) is 9.30. The highest BCUT2D eigenvalue weighted by Crippen LogP contribution is 2.13. The quantitative estimate of drug-likeness (QED) is 0.833. The SMILES string of the molecule is CSc1ccc(NC(=O)CNC(=O)OC(C)(C)C)cn1. The van der Waals surface area contributed by atoms with E-state index < -0.39 is 11.7 Å². The Balaban J connectivity index is 2.38. The first-order valence-corrected chi connectivity index (χ1v) is 7.29. The fourth-order valence-corrected chi connectivity index (χ4v) is 1.61. The van der Waals surface area contributed by atoms with Crippen LogP contribution in [-0.2, 0) is 9.53 Å². The Bertz CT molecular complexity index is 469. The summed E-state index contributed by atoms with van der Waals surface area (Å²) in [7, 11) is 0. The molecule has 2 amide bonds. The number of alkyl carbamates (subject to hydrolysis) is 1. The number of aromatic nitrogens is 1. The third-order valence-electron chi connectivity index (χ3n) is 2.02. The van der Waals surface area contributed by atoms with Crippen molar-refractivity contribution in [2.24, 2.45) is 0 Å². The molecule has 6 nitrogen and oxygen atoms in total. The largest absolute Gasteiger partial charge is 0.444 e. The van der Waals surface area contributed by atoms with E-state index in [0.29, 0.717) is 5.69 Å². The van der Waals surface area contributed by atoms with Crippen LogP contribution in [0.5, 0.6) is 0 Å². The molecule has 0 fully saturated rings. The highest BCUT2D eigenvalue weighted by molar-refractivity contribution is 7.98. The van der Waals surface area contributed by atoms with Crippen LogP contribution in [0.4, 0.5) is 10.5 Å². The molecule has 0 aliphatic heterocycles. The standard InChI is InChI=1S/C13H19N3O3S/c1-13(2,3)19-12(18)15-8-10(17)16-9-5-6-11(20-4)14-7-9/h5-7H,8H2,1-4H3,(H,15,18)(H,16,17). The molecule has 1 heterocycles. The third-order valence-corrected chi connectivity index (χ3v) is 2.68. The Labute approximate surface area is 122 Å². The zero-order valence-corrected chi connectivity index (χ0v) is 12.8. The van der Waals surface area contributed by atoms with Crippen LogP contribution >= 0.6 is 11.8 Å². The number of hydrogen-bond acceptors (Lipinski definition) is 5. The molecular formula is C13H19N3O3S. The molecule has 0 unspecified atom stereocenters. The van der Waals surface area contributed by atoms with Crippen molar-refractivity contribution in [3.63, 3.8) is 0 Å². The van der Waals surface area contributed by atoms with E-state index >= 15 is 0 Å². The van der Waals surface area contributed by atoms with Gasteiger partial charge in [0.15, 0.2) is 0 Å². The van der Waals surface area contributed by atoms with Gasteiger partial charge in [0.1, 0.15) is 12.1 Å². The van der Waals surface area contributed by atoms with Gasteiger partial charge in [0.2, 0.25) is 5.91 Å². The van der Waals surface area contributed by atoms with Gasteiger partial charge in [0.05, 0.1) is 16.9 Å². The van der Waals surface area contributed by atoms with Crippen molar-refractivity contribution in [1.82, 2.24) is 10.3 Å². The van der Waals surface area contributed by atoms with Crippen LogP contribution in [0.25, 0.3) is 0 Å². The number of carbonyl (C=O) groups is 2. The zero-order chi connectivity index (χ0) is 15.2. The summed E-state index contributed by atoms with van der Waals surface area (Å²) < 4.78 is 5.02. The van der Waals surface area contributed by atoms with E-state index in [1.54, 1.807) is 33.0 Å². The predicted molar refractivity (Wildman–Crippen MR) is 78.9 cm³/mol. The summed E-state index contributed by atoms with van der Waals surface area (Å²) in [4.78, 5) is 27.1. The number of thioether (sulfide) groups is 1. The molecule has 0 aliphatic rings. The number of anilines is 1. The van der Waals surface area contributed by atoms with Crippen LogP contribution in [0.3, 0.4) is 0 Å².